The van der Waals surface area contributed by atoms with Gasteiger partial charge < -0.3 is 14.9 Å². The summed E-state index contributed by atoms with van der Waals surface area (Å²) in [5, 5.41) is 23.8. The largest absolute Gasteiger partial charge is 0.507 e. The number of carboxylic acids is 1. The van der Waals surface area contributed by atoms with Crippen LogP contribution in [0.2, 0.25) is 0 Å². The Kier molecular flexibility index (Phi) is 5.70. The van der Waals surface area contributed by atoms with E-state index in [0.29, 0.717) is 11.4 Å². The van der Waals surface area contributed by atoms with E-state index in [-0.39, 0.29) is 24.6 Å². The minimum Gasteiger partial charge on any atom is -0.507 e. The summed E-state index contributed by atoms with van der Waals surface area (Å²) >= 11 is 0. The minimum atomic E-state index is -1.26. The van der Waals surface area contributed by atoms with E-state index < -0.39 is 17.8 Å². The summed E-state index contributed by atoms with van der Waals surface area (Å²) < 4.78 is 7.43. The number of carbonyl (C=O) groups is 2. The van der Waals surface area contributed by atoms with Crippen molar-refractivity contribution in [1.82, 2.24) is 9.78 Å². The first-order chi connectivity index (χ1) is 16.9. The van der Waals surface area contributed by atoms with Crippen LogP contribution in [0, 0.1) is 0 Å². The van der Waals surface area contributed by atoms with Gasteiger partial charge in [0.25, 0.3) is 0 Å². The zero-order valence-corrected chi connectivity index (χ0v) is 19.0. The van der Waals surface area contributed by atoms with Crippen molar-refractivity contribution in [1.29, 1.82) is 0 Å². The fourth-order valence-electron chi connectivity index (χ4n) is 4.51. The van der Waals surface area contributed by atoms with Crippen LogP contribution in [0.25, 0.3) is 11.1 Å². The molecule has 0 bridgehead atoms. The van der Waals surface area contributed by atoms with Gasteiger partial charge in [0.15, 0.2) is 0 Å². The van der Waals surface area contributed by atoms with Crippen molar-refractivity contribution in [3.8, 4) is 16.9 Å². The number of amides is 1. The van der Waals surface area contributed by atoms with Crippen molar-refractivity contribution in [2.24, 2.45) is 7.05 Å². The number of hydrogen-bond acceptors (Lipinski definition) is 5. The first kappa shape index (κ1) is 22.2. The van der Waals surface area contributed by atoms with Crippen molar-refractivity contribution in [2.75, 3.05) is 11.5 Å². The first-order valence-electron chi connectivity index (χ1n) is 11.1. The van der Waals surface area contributed by atoms with Crippen LogP contribution in [-0.4, -0.2) is 38.7 Å². The minimum absolute atomic E-state index is 0.0867. The number of benzene rings is 3. The molecular weight excluding hydrogens is 446 g/mol. The number of anilines is 1. The number of ether oxygens (including phenoxy) is 1. The topological polar surface area (TPSA) is 105 Å². The van der Waals surface area contributed by atoms with Crippen molar-refractivity contribution >= 4 is 17.7 Å². The number of nitrogens with zero attached hydrogens (tertiary/aromatic N) is 3. The molecule has 0 radical (unpaired) electrons. The third kappa shape index (κ3) is 4.21. The first-order valence-corrected chi connectivity index (χ1v) is 11.1. The van der Waals surface area contributed by atoms with Gasteiger partial charge in [-0.1, -0.05) is 48.5 Å². The molecule has 4 aromatic rings. The molecule has 1 heterocycles. The molecule has 0 saturated carbocycles. The molecule has 8 heteroatoms. The highest BCUT2D eigenvalue weighted by Gasteiger charge is 2.30. The molecule has 1 aliphatic rings. The van der Waals surface area contributed by atoms with Crippen LogP contribution in [-0.2, 0) is 18.3 Å². The van der Waals surface area contributed by atoms with Gasteiger partial charge in [0.2, 0.25) is 0 Å². The summed E-state index contributed by atoms with van der Waals surface area (Å²) in [6, 6.07) is 21.9. The Morgan fingerprint density at radius 2 is 1.66 bits per heavy atom. The fraction of sp³-hybridized carbons (Fsp3) is 0.148. The summed E-state index contributed by atoms with van der Waals surface area (Å²) in [7, 11) is 1.77. The fourth-order valence-corrected chi connectivity index (χ4v) is 4.51. The SMILES string of the molecule is Cn1ccc(CN(C(=O)OCC2c3ccccc3-c3ccccc32)c2ccc(C(=O)O)c(O)c2)n1. The van der Waals surface area contributed by atoms with E-state index in [0.717, 1.165) is 22.3 Å². The highest BCUT2D eigenvalue weighted by Crippen LogP contribution is 2.44. The molecule has 0 saturated heterocycles. The highest BCUT2D eigenvalue weighted by molar-refractivity contribution is 5.93. The standard InChI is InChI=1S/C27H23N3O5/c1-29-13-12-17(28-29)15-30(18-10-11-23(26(32)33)25(31)14-18)27(34)35-16-24-21-8-4-2-6-19(21)20-7-3-5-9-22(20)24/h2-14,24,31H,15-16H2,1H3,(H,32,33). The molecule has 0 fully saturated rings. The maximum Gasteiger partial charge on any atom is 0.414 e. The number of carbonyl (C=O) groups excluding carboxylic acids is 1. The molecule has 2 N–H and O–H groups in total. The molecular formula is C27H23N3O5. The molecule has 176 valence electrons. The zero-order valence-electron chi connectivity index (χ0n) is 19.0. The molecule has 0 spiro atoms. The van der Waals surface area contributed by atoms with Gasteiger partial charge in [-0.05, 0) is 40.5 Å². The molecule has 0 atom stereocenters. The molecule has 3 aromatic carbocycles. The number of carboxylic acid groups (broad SMARTS) is 1. The van der Waals surface area contributed by atoms with E-state index in [1.807, 2.05) is 36.4 Å². The predicted molar refractivity (Wildman–Crippen MR) is 130 cm³/mol. The second kappa shape index (κ2) is 8.98. The Morgan fingerprint density at radius 3 is 2.23 bits per heavy atom. The Labute approximate surface area is 201 Å². The molecule has 1 amide bonds. The van der Waals surface area contributed by atoms with E-state index in [4.69, 9.17) is 4.74 Å². The van der Waals surface area contributed by atoms with Gasteiger partial charge in [-0.15, -0.1) is 0 Å². The molecule has 0 aliphatic heterocycles. The van der Waals surface area contributed by atoms with Crippen LogP contribution >= 0.6 is 0 Å². The van der Waals surface area contributed by atoms with Crippen LogP contribution in [0.1, 0.15) is 33.1 Å². The predicted octanol–water partition coefficient (Wildman–Crippen LogP) is 4.78. The average Bonchev–Trinajstić information content (AvgIpc) is 3.41. The van der Waals surface area contributed by atoms with E-state index in [1.165, 1.54) is 23.1 Å². The van der Waals surface area contributed by atoms with Crippen molar-refractivity contribution in [2.45, 2.75) is 12.5 Å². The highest BCUT2D eigenvalue weighted by atomic mass is 16.6. The summed E-state index contributed by atoms with van der Waals surface area (Å²) in [5.41, 5.74) is 5.12. The van der Waals surface area contributed by atoms with E-state index in [9.17, 15) is 19.8 Å². The Hall–Kier alpha value is -4.59. The summed E-state index contributed by atoms with van der Waals surface area (Å²) in [6.45, 7) is 0.216. The Bertz CT molecular complexity index is 1380. The van der Waals surface area contributed by atoms with Crippen molar-refractivity contribution in [3.63, 3.8) is 0 Å². The molecule has 0 unspecified atom stereocenters. The number of aromatic carboxylic acids is 1. The average molecular weight is 469 g/mol. The lowest BCUT2D eigenvalue weighted by Crippen LogP contribution is -2.32. The lowest BCUT2D eigenvalue weighted by molar-refractivity contribution is 0.0693. The Balaban J connectivity index is 1.42. The molecule has 35 heavy (non-hydrogen) atoms. The van der Waals surface area contributed by atoms with Gasteiger partial charge in [-0.3, -0.25) is 9.58 Å². The zero-order chi connectivity index (χ0) is 24.5. The lowest BCUT2D eigenvalue weighted by Gasteiger charge is -2.23. The second-order valence-corrected chi connectivity index (χ2v) is 8.38. The lowest BCUT2D eigenvalue weighted by atomic mass is 9.98. The van der Waals surface area contributed by atoms with E-state index in [2.05, 4.69) is 17.2 Å². The van der Waals surface area contributed by atoms with E-state index >= 15 is 0 Å². The summed E-state index contributed by atoms with van der Waals surface area (Å²) in [4.78, 5) is 26.0. The smallest absolute Gasteiger partial charge is 0.414 e. The summed E-state index contributed by atoms with van der Waals surface area (Å²) in [5.74, 6) is -1.80. The van der Waals surface area contributed by atoms with Gasteiger partial charge in [0.1, 0.15) is 17.9 Å². The van der Waals surface area contributed by atoms with Gasteiger partial charge in [-0.25, -0.2) is 9.59 Å². The van der Waals surface area contributed by atoms with Crippen LogP contribution in [0.3, 0.4) is 0 Å². The number of rotatable bonds is 6. The van der Waals surface area contributed by atoms with Gasteiger partial charge in [-0.2, -0.15) is 5.10 Å². The molecule has 1 aliphatic carbocycles. The monoisotopic (exact) mass is 469 g/mol. The third-order valence-corrected chi connectivity index (χ3v) is 6.17. The van der Waals surface area contributed by atoms with Crippen LogP contribution < -0.4 is 4.90 Å². The molecule has 8 nitrogen and oxygen atoms in total. The van der Waals surface area contributed by atoms with E-state index in [1.54, 1.807) is 24.0 Å². The summed E-state index contributed by atoms with van der Waals surface area (Å²) in [6.07, 6.45) is 1.14. The van der Waals surface area contributed by atoms with Gasteiger partial charge in [0.05, 0.1) is 17.9 Å². The number of phenols is 1. The molecule has 1 aromatic heterocycles. The maximum absolute atomic E-state index is 13.3. The van der Waals surface area contributed by atoms with Crippen molar-refractivity contribution < 1.29 is 24.5 Å². The Morgan fingerprint density at radius 1 is 1.00 bits per heavy atom. The maximum atomic E-state index is 13.3. The second-order valence-electron chi connectivity index (χ2n) is 8.38. The number of aryl methyl sites for hydroxylation is 1. The quantitative estimate of drug-likeness (QED) is 0.421. The van der Waals surface area contributed by atoms with Gasteiger partial charge in [0, 0.05) is 25.2 Å². The normalized spacial score (nSPS) is 12.1. The third-order valence-electron chi connectivity index (χ3n) is 6.17. The van der Waals surface area contributed by atoms with Gasteiger partial charge >= 0.3 is 12.1 Å². The number of aromatic hydroxyl groups is 1. The number of fused-ring (bicyclic) bond motifs is 3. The number of aromatic nitrogens is 2. The number of hydrogen-bond donors (Lipinski definition) is 2. The van der Waals surface area contributed by atoms with Crippen LogP contribution in [0.4, 0.5) is 10.5 Å². The van der Waals surface area contributed by atoms with Crippen LogP contribution in [0.15, 0.2) is 79.0 Å². The van der Waals surface area contributed by atoms with Crippen molar-refractivity contribution in [3.05, 3.63) is 101 Å². The van der Waals surface area contributed by atoms with Crippen LogP contribution in [0.5, 0.6) is 5.75 Å². The molecule has 5 rings (SSSR count).